The Bertz CT molecular complexity index is 962. The molecule has 138 valence electrons. The van der Waals surface area contributed by atoms with Gasteiger partial charge in [0.2, 0.25) is 5.95 Å². The summed E-state index contributed by atoms with van der Waals surface area (Å²) in [5.74, 6) is -0.373. The zero-order valence-electron chi connectivity index (χ0n) is 14.2. The van der Waals surface area contributed by atoms with Crippen LogP contribution in [0.2, 0.25) is 0 Å². The first kappa shape index (κ1) is 17.9. The maximum atomic E-state index is 13.3. The number of H-pyrrole nitrogens is 1. The highest BCUT2D eigenvalue weighted by Crippen LogP contribution is 2.18. The second-order valence-corrected chi connectivity index (χ2v) is 6.23. The number of hydrogen-bond donors (Lipinski definition) is 4. The van der Waals surface area contributed by atoms with Crippen LogP contribution in [0, 0.1) is 5.82 Å². The van der Waals surface area contributed by atoms with Crippen molar-refractivity contribution in [1.29, 1.82) is 0 Å². The van der Waals surface area contributed by atoms with Gasteiger partial charge in [0.1, 0.15) is 17.8 Å². The van der Waals surface area contributed by atoms with Crippen LogP contribution in [0.25, 0.3) is 17.0 Å². The van der Waals surface area contributed by atoms with Gasteiger partial charge in [0.05, 0.1) is 17.1 Å². The average Bonchev–Trinajstić information content (AvgIpc) is 3.03. The monoisotopic (exact) mass is 360 g/mol. The maximum absolute atomic E-state index is 13.3. The van der Waals surface area contributed by atoms with E-state index >= 15 is 0 Å². The molecule has 1 fully saturated rings. The summed E-state index contributed by atoms with van der Waals surface area (Å²) in [5, 5.41) is 8.91. The highest BCUT2D eigenvalue weighted by atomic mass is 19.1. The Morgan fingerprint density at radius 1 is 1.23 bits per heavy atom. The van der Waals surface area contributed by atoms with Crippen LogP contribution in [0.3, 0.4) is 0 Å². The van der Waals surface area contributed by atoms with E-state index in [4.69, 9.17) is 16.6 Å². The van der Waals surface area contributed by atoms with Crippen molar-refractivity contribution in [2.45, 2.75) is 38.2 Å². The topological polar surface area (TPSA) is 136 Å². The molecular formula is C17H21FN6O2. The molecule has 2 aromatic heterocycles. The molecule has 3 aromatic rings. The number of imidazole rings is 1. The second kappa shape index (κ2) is 7.52. The number of rotatable bonds is 1. The second-order valence-electron chi connectivity index (χ2n) is 6.23. The molecule has 1 aliphatic rings. The minimum Gasteiger partial charge on any atom is -0.393 e. The van der Waals surface area contributed by atoms with E-state index in [1.807, 2.05) is 0 Å². The van der Waals surface area contributed by atoms with Crippen LogP contribution in [0.15, 0.2) is 29.3 Å². The van der Waals surface area contributed by atoms with Crippen molar-refractivity contribution in [2.75, 3.05) is 11.5 Å². The van der Waals surface area contributed by atoms with Gasteiger partial charge in [0.25, 0.3) is 5.56 Å². The number of aliphatic hydroxyl groups is 1. The summed E-state index contributed by atoms with van der Waals surface area (Å²) in [5.41, 5.74) is 11.3. The number of nitrogens with one attached hydrogen (secondary N) is 1. The molecule has 1 aliphatic carbocycles. The van der Waals surface area contributed by atoms with Crippen molar-refractivity contribution >= 4 is 22.5 Å². The first-order valence-electron chi connectivity index (χ1n) is 8.42. The van der Waals surface area contributed by atoms with Crippen LogP contribution in [0.5, 0.6) is 0 Å². The Morgan fingerprint density at radius 3 is 2.58 bits per heavy atom. The molecule has 8 nitrogen and oxygen atoms in total. The summed E-state index contributed by atoms with van der Waals surface area (Å²) < 4.78 is 14.7. The number of nitrogens with two attached hydrogens (primary N) is 2. The quantitative estimate of drug-likeness (QED) is 0.522. The fourth-order valence-corrected chi connectivity index (χ4v) is 2.83. The summed E-state index contributed by atoms with van der Waals surface area (Å²) in [6.45, 7) is 0. The number of aliphatic hydroxyl groups excluding tert-OH is 1. The number of aromatic amines is 1. The van der Waals surface area contributed by atoms with Crippen LogP contribution in [-0.4, -0.2) is 30.7 Å². The third-order valence-electron chi connectivity index (χ3n) is 4.28. The molecule has 2 heterocycles. The molecule has 0 saturated heterocycles. The Morgan fingerprint density at radius 2 is 1.96 bits per heavy atom. The van der Waals surface area contributed by atoms with Gasteiger partial charge in [-0.05, 0) is 25.0 Å². The Labute approximate surface area is 148 Å². The predicted molar refractivity (Wildman–Crippen MR) is 97.4 cm³/mol. The number of anilines is 2. The summed E-state index contributed by atoms with van der Waals surface area (Å²) in [4.78, 5) is 22.0. The summed E-state index contributed by atoms with van der Waals surface area (Å²) in [7, 11) is 0. The van der Waals surface area contributed by atoms with E-state index in [1.54, 1.807) is 0 Å². The van der Waals surface area contributed by atoms with E-state index in [0.29, 0.717) is 11.0 Å². The van der Waals surface area contributed by atoms with Gasteiger partial charge in [-0.15, -0.1) is 0 Å². The average molecular weight is 360 g/mol. The normalized spacial score (nSPS) is 14.8. The van der Waals surface area contributed by atoms with E-state index in [-0.39, 0.29) is 23.6 Å². The number of nitrogens with zero attached hydrogens (tertiary/aromatic N) is 3. The Kier molecular flexibility index (Phi) is 5.17. The van der Waals surface area contributed by atoms with Gasteiger partial charge in [-0.3, -0.25) is 14.3 Å². The minimum atomic E-state index is -0.555. The van der Waals surface area contributed by atoms with Gasteiger partial charge in [-0.1, -0.05) is 19.3 Å². The lowest BCUT2D eigenvalue weighted by atomic mass is 9.98. The Hall–Kier alpha value is -2.94. The van der Waals surface area contributed by atoms with Crippen molar-refractivity contribution in [1.82, 2.24) is 19.5 Å². The lowest BCUT2D eigenvalue weighted by Crippen LogP contribution is -2.19. The smallest absolute Gasteiger partial charge is 0.277 e. The molecule has 0 aliphatic heterocycles. The maximum Gasteiger partial charge on any atom is 0.277 e. The molecule has 0 unspecified atom stereocenters. The van der Waals surface area contributed by atoms with Crippen molar-refractivity contribution in [3.8, 4) is 5.95 Å². The van der Waals surface area contributed by atoms with Gasteiger partial charge < -0.3 is 16.6 Å². The predicted octanol–water partition coefficient (Wildman–Crippen LogP) is 1.72. The molecule has 6 N–H and O–H groups in total. The number of benzene rings is 1. The van der Waals surface area contributed by atoms with Crippen molar-refractivity contribution in [2.24, 2.45) is 0 Å². The fourth-order valence-electron chi connectivity index (χ4n) is 2.83. The Balaban J connectivity index is 0.000000236. The lowest BCUT2D eigenvalue weighted by molar-refractivity contribution is 0.130. The number of fused-ring (bicyclic) bond motifs is 1. The summed E-state index contributed by atoms with van der Waals surface area (Å²) in [6.07, 6.45) is 7.34. The molecule has 0 amide bonds. The molecular weight excluding hydrogens is 339 g/mol. The summed E-state index contributed by atoms with van der Waals surface area (Å²) in [6, 6.07) is 4.11. The van der Waals surface area contributed by atoms with Crippen LogP contribution in [0.4, 0.5) is 15.9 Å². The van der Waals surface area contributed by atoms with Crippen LogP contribution in [-0.2, 0) is 0 Å². The fraction of sp³-hybridized carbons (Fsp3) is 0.353. The van der Waals surface area contributed by atoms with Crippen LogP contribution in [0.1, 0.15) is 32.1 Å². The van der Waals surface area contributed by atoms with E-state index in [2.05, 4.69) is 15.0 Å². The van der Waals surface area contributed by atoms with Gasteiger partial charge in [0.15, 0.2) is 5.82 Å². The molecule has 0 atom stereocenters. The first-order chi connectivity index (χ1) is 12.5. The highest BCUT2D eigenvalue weighted by Gasteiger charge is 2.11. The molecule has 1 aromatic carbocycles. The molecule has 0 bridgehead atoms. The van der Waals surface area contributed by atoms with Gasteiger partial charge >= 0.3 is 0 Å². The number of halogens is 1. The number of nitrogen functional groups attached to an aromatic ring is 2. The van der Waals surface area contributed by atoms with Crippen molar-refractivity contribution in [3.63, 3.8) is 0 Å². The largest absolute Gasteiger partial charge is 0.393 e. The van der Waals surface area contributed by atoms with Gasteiger partial charge in [-0.2, -0.15) is 4.98 Å². The SMILES string of the molecule is Nc1nc(-n2cnc3ccc(F)cc32)[nH]c(=O)c1N.OC1CCCCC1. The number of hydrogen-bond acceptors (Lipinski definition) is 6. The first-order valence-corrected chi connectivity index (χ1v) is 8.42. The molecule has 1 saturated carbocycles. The van der Waals surface area contributed by atoms with Crippen LogP contribution >= 0.6 is 0 Å². The third-order valence-corrected chi connectivity index (χ3v) is 4.28. The van der Waals surface area contributed by atoms with Gasteiger partial charge in [0, 0.05) is 6.07 Å². The van der Waals surface area contributed by atoms with Crippen molar-refractivity contribution < 1.29 is 9.50 Å². The van der Waals surface area contributed by atoms with Crippen molar-refractivity contribution in [3.05, 3.63) is 40.7 Å². The number of aromatic nitrogens is 4. The van der Waals surface area contributed by atoms with E-state index in [1.165, 1.54) is 48.4 Å². The molecule has 9 heteroatoms. The molecule has 0 radical (unpaired) electrons. The third kappa shape index (κ3) is 3.83. The highest BCUT2D eigenvalue weighted by molar-refractivity contribution is 5.76. The van der Waals surface area contributed by atoms with Crippen LogP contribution < -0.4 is 17.0 Å². The lowest BCUT2D eigenvalue weighted by Gasteiger charge is -2.14. The van der Waals surface area contributed by atoms with E-state index < -0.39 is 11.4 Å². The van der Waals surface area contributed by atoms with Gasteiger partial charge in [-0.25, -0.2) is 9.37 Å². The molecule has 4 rings (SSSR count). The zero-order chi connectivity index (χ0) is 18.7. The van der Waals surface area contributed by atoms with E-state index in [0.717, 1.165) is 12.8 Å². The minimum absolute atomic E-state index is 0.0359. The standard InChI is InChI=1S/C11H9FN6O.C6H12O/c12-5-1-2-6-7(3-5)18(4-15-6)11-16-9(14)8(13)10(19)17-11;7-6-4-2-1-3-5-6/h1-4H,13H2,(H3,14,16,17,19);6-7H,1-5H2. The molecule has 26 heavy (non-hydrogen) atoms. The summed E-state index contributed by atoms with van der Waals surface area (Å²) >= 11 is 0. The zero-order valence-corrected chi connectivity index (χ0v) is 14.2. The van der Waals surface area contributed by atoms with E-state index in [9.17, 15) is 9.18 Å². The molecule has 0 spiro atoms.